The fraction of sp³-hybridized carbons (Fsp3) is 0.500. The molecule has 7 heteroatoms. The third-order valence-corrected chi connectivity index (χ3v) is 5.85. The first-order valence-electron chi connectivity index (χ1n) is 8.53. The minimum atomic E-state index is -3.48. The van der Waals surface area contributed by atoms with Crippen molar-refractivity contribution < 1.29 is 17.9 Å². The van der Waals surface area contributed by atoms with Gasteiger partial charge in [0, 0.05) is 25.7 Å². The molecule has 1 heterocycles. The van der Waals surface area contributed by atoms with Gasteiger partial charge in [0.25, 0.3) is 0 Å². The zero-order chi connectivity index (χ0) is 18.3. The second kappa shape index (κ2) is 9.12. The summed E-state index contributed by atoms with van der Waals surface area (Å²) in [5.74, 6) is 0.399. The van der Waals surface area contributed by atoms with Gasteiger partial charge in [-0.15, -0.1) is 0 Å². The molecule has 2 rings (SSSR count). The smallest absolute Gasteiger partial charge is 0.243 e. The lowest BCUT2D eigenvalue weighted by Crippen LogP contribution is -2.40. The zero-order valence-corrected chi connectivity index (χ0v) is 15.6. The Morgan fingerprint density at radius 3 is 2.48 bits per heavy atom. The Hall–Kier alpha value is -1.70. The Morgan fingerprint density at radius 2 is 1.88 bits per heavy atom. The van der Waals surface area contributed by atoms with Crippen molar-refractivity contribution in [3.05, 3.63) is 35.9 Å². The largest absolute Gasteiger partial charge is 0.379 e. The van der Waals surface area contributed by atoms with Crippen LogP contribution in [0.5, 0.6) is 0 Å². The first kappa shape index (κ1) is 19.6. The van der Waals surface area contributed by atoms with E-state index in [1.54, 1.807) is 30.3 Å². The van der Waals surface area contributed by atoms with Crippen LogP contribution in [0.3, 0.4) is 0 Å². The molecule has 138 valence electrons. The number of nitrogens with one attached hydrogen (secondary N) is 1. The molecule has 1 aromatic carbocycles. The molecule has 1 saturated heterocycles. The number of amides is 1. The summed E-state index contributed by atoms with van der Waals surface area (Å²) in [6, 6.07) is 6.54. The fourth-order valence-electron chi connectivity index (χ4n) is 2.40. The molecule has 1 N–H and O–H groups in total. The van der Waals surface area contributed by atoms with Gasteiger partial charge in [-0.1, -0.05) is 26.0 Å². The lowest BCUT2D eigenvalue weighted by molar-refractivity contribution is -0.116. The van der Waals surface area contributed by atoms with E-state index >= 15 is 0 Å². The molecular weight excluding hydrogens is 340 g/mol. The summed E-state index contributed by atoms with van der Waals surface area (Å²) in [6.07, 6.45) is 4.08. The molecule has 0 bridgehead atoms. The highest BCUT2D eigenvalue weighted by Gasteiger charge is 2.25. The van der Waals surface area contributed by atoms with Crippen LogP contribution in [-0.2, 0) is 19.6 Å². The highest BCUT2D eigenvalue weighted by Crippen LogP contribution is 2.18. The number of carbonyl (C=O) groups is 1. The maximum atomic E-state index is 12.5. The minimum Gasteiger partial charge on any atom is -0.379 e. The molecule has 1 aliphatic heterocycles. The van der Waals surface area contributed by atoms with Crippen LogP contribution in [0.4, 0.5) is 0 Å². The number of benzene rings is 1. The summed E-state index contributed by atoms with van der Waals surface area (Å²) in [6.45, 7) is 6.46. The molecule has 0 aliphatic carbocycles. The molecular formula is C18H26N2O4S. The van der Waals surface area contributed by atoms with Crippen molar-refractivity contribution in [1.29, 1.82) is 0 Å². The molecule has 0 aromatic heterocycles. The standard InChI is InChI=1S/C18H26N2O4S/c1-15(2)9-10-19-18(21)8-5-16-3-6-17(7-4-16)25(22,23)20-11-13-24-14-12-20/h3-8,15H,9-14H2,1-2H3,(H,19,21). The molecule has 0 unspecified atom stereocenters. The van der Waals surface area contributed by atoms with E-state index in [1.165, 1.54) is 10.4 Å². The van der Waals surface area contributed by atoms with Crippen LogP contribution in [0.1, 0.15) is 25.8 Å². The van der Waals surface area contributed by atoms with Crippen LogP contribution in [0.15, 0.2) is 35.2 Å². The van der Waals surface area contributed by atoms with Crippen molar-refractivity contribution in [3.63, 3.8) is 0 Å². The average molecular weight is 366 g/mol. The summed E-state index contributed by atoms with van der Waals surface area (Å²) in [5, 5.41) is 2.82. The van der Waals surface area contributed by atoms with Gasteiger partial charge in [0.05, 0.1) is 18.1 Å². The lowest BCUT2D eigenvalue weighted by Gasteiger charge is -2.26. The maximum Gasteiger partial charge on any atom is 0.243 e. The summed E-state index contributed by atoms with van der Waals surface area (Å²) in [7, 11) is -3.48. The van der Waals surface area contributed by atoms with Crippen LogP contribution < -0.4 is 5.32 Å². The Bertz CT molecular complexity index is 690. The van der Waals surface area contributed by atoms with Crippen molar-refractivity contribution in [2.75, 3.05) is 32.8 Å². The molecule has 6 nitrogen and oxygen atoms in total. The van der Waals surface area contributed by atoms with Gasteiger partial charge in [0.15, 0.2) is 0 Å². The van der Waals surface area contributed by atoms with E-state index in [-0.39, 0.29) is 10.8 Å². The predicted octanol–water partition coefficient (Wildman–Crippen LogP) is 1.88. The van der Waals surface area contributed by atoms with E-state index in [1.807, 2.05) is 0 Å². The number of hydrogen-bond donors (Lipinski definition) is 1. The molecule has 1 aliphatic rings. The van der Waals surface area contributed by atoms with Gasteiger partial charge in [-0.2, -0.15) is 4.31 Å². The molecule has 1 fully saturated rings. The summed E-state index contributed by atoms with van der Waals surface area (Å²) >= 11 is 0. The van der Waals surface area contributed by atoms with Crippen LogP contribution in [0.2, 0.25) is 0 Å². The number of rotatable bonds is 7. The molecule has 0 radical (unpaired) electrons. The quantitative estimate of drug-likeness (QED) is 0.748. The van der Waals surface area contributed by atoms with Crippen LogP contribution >= 0.6 is 0 Å². The second-order valence-electron chi connectivity index (χ2n) is 6.39. The second-order valence-corrected chi connectivity index (χ2v) is 8.33. The van der Waals surface area contributed by atoms with E-state index in [4.69, 9.17) is 4.74 Å². The Labute approximate surface area is 149 Å². The number of morpholine rings is 1. The van der Waals surface area contributed by atoms with Gasteiger partial charge in [-0.3, -0.25) is 4.79 Å². The monoisotopic (exact) mass is 366 g/mol. The van der Waals surface area contributed by atoms with E-state index in [0.29, 0.717) is 38.8 Å². The van der Waals surface area contributed by atoms with E-state index in [2.05, 4.69) is 19.2 Å². The van der Waals surface area contributed by atoms with Crippen LogP contribution in [0, 0.1) is 5.92 Å². The van der Waals surface area contributed by atoms with Gasteiger partial charge in [-0.05, 0) is 36.1 Å². The van der Waals surface area contributed by atoms with E-state index in [9.17, 15) is 13.2 Å². The number of hydrogen-bond acceptors (Lipinski definition) is 4. The number of ether oxygens (including phenoxy) is 1. The van der Waals surface area contributed by atoms with Crippen molar-refractivity contribution in [1.82, 2.24) is 9.62 Å². The lowest BCUT2D eigenvalue weighted by atomic mass is 10.1. The number of nitrogens with zero attached hydrogens (tertiary/aromatic N) is 1. The minimum absolute atomic E-state index is 0.148. The van der Waals surface area contributed by atoms with Crippen molar-refractivity contribution >= 4 is 22.0 Å². The zero-order valence-electron chi connectivity index (χ0n) is 14.8. The Balaban J connectivity index is 1.95. The van der Waals surface area contributed by atoms with Gasteiger partial charge < -0.3 is 10.1 Å². The molecule has 25 heavy (non-hydrogen) atoms. The van der Waals surface area contributed by atoms with Crippen molar-refractivity contribution in [2.24, 2.45) is 5.92 Å². The fourth-order valence-corrected chi connectivity index (χ4v) is 3.81. The number of sulfonamides is 1. The molecule has 0 spiro atoms. The summed E-state index contributed by atoms with van der Waals surface area (Å²) in [4.78, 5) is 12.0. The topological polar surface area (TPSA) is 75.7 Å². The van der Waals surface area contributed by atoms with Gasteiger partial charge in [0.2, 0.25) is 15.9 Å². The SMILES string of the molecule is CC(C)CCNC(=O)C=Cc1ccc(S(=O)(=O)N2CCOCC2)cc1. The third kappa shape index (κ3) is 5.95. The Kier molecular flexibility index (Phi) is 7.16. The van der Waals surface area contributed by atoms with Crippen LogP contribution in [-0.4, -0.2) is 51.5 Å². The maximum absolute atomic E-state index is 12.5. The van der Waals surface area contributed by atoms with Crippen molar-refractivity contribution in [2.45, 2.75) is 25.2 Å². The highest BCUT2D eigenvalue weighted by molar-refractivity contribution is 7.89. The van der Waals surface area contributed by atoms with E-state index in [0.717, 1.165) is 12.0 Å². The predicted molar refractivity (Wildman–Crippen MR) is 97.5 cm³/mol. The van der Waals surface area contributed by atoms with Crippen LogP contribution in [0.25, 0.3) is 6.08 Å². The first-order chi connectivity index (χ1) is 11.9. The molecule has 1 amide bonds. The summed E-state index contributed by atoms with van der Waals surface area (Å²) in [5.41, 5.74) is 0.778. The normalized spacial score (nSPS) is 16.4. The van der Waals surface area contributed by atoms with Gasteiger partial charge >= 0.3 is 0 Å². The molecule has 0 atom stereocenters. The first-order valence-corrected chi connectivity index (χ1v) is 9.97. The third-order valence-electron chi connectivity index (χ3n) is 3.94. The van der Waals surface area contributed by atoms with Gasteiger partial charge in [-0.25, -0.2) is 8.42 Å². The van der Waals surface area contributed by atoms with E-state index < -0.39 is 10.0 Å². The van der Waals surface area contributed by atoms with Gasteiger partial charge in [0.1, 0.15) is 0 Å². The highest BCUT2D eigenvalue weighted by atomic mass is 32.2. The molecule has 1 aromatic rings. The summed E-state index contributed by atoms with van der Waals surface area (Å²) < 4.78 is 31.7. The molecule has 0 saturated carbocycles. The average Bonchev–Trinajstić information content (AvgIpc) is 2.61. The Morgan fingerprint density at radius 1 is 1.24 bits per heavy atom. The number of carbonyl (C=O) groups excluding carboxylic acids is 1. The van der Waals surface area contributed by atoms with Crippen molar-refractivity contribution in [3.8, 4) is 0 Å².